The Kier molecular flexibility index (Phi) is 7.66. The van der Waals surface area contributed by atoms with Gasteiger partial charge in [-0.2, -0.15) is 5.10 Å². The zero-order chi connectivity index (χ0) is 23.3. The van der Waals surface area contributed by atoms with Gasteiger partial charge in [0.1, 0.15) is 5.25 Å². The van der Waals surface area contributed by atoms with Crippen molar-refractivity contribution in [3.63, 3.8) is 0 Å². The fraction of sp³-hybridized carbons (Fsp3) is 0.227. The second-order valence-electron chi connectivity index (χ2n) is 7.16. The molecule has 2 aromatic rings. The predicted octanol–water partition coefficient (Wildman–Crippen LogP) is 3.95. The molecule has 32 heavy (non-hydrogen) atoms. The molecule has 0 bridgehead atoms. The molecule has 1 aliphatic rings. The van der Waals surface area contributed by atoms with Crippen molar-refractivity contribution in [1.29, 1.82) is 0 Å². The highest BCUT2D eigenvalue weighted by Gasteiger charge is 2.32. The van der Waals surface area contributed by atoms with Crippen LogP contribution in [0.15, 0.2) is 52.7 Å². The third-order valence-corrected chi connectivity index (χ3v) is 5.97. The molecule has 1 heterocycles. The molecule has 2 aromatic carbocycles. The molecule has 0 aliphatic carbocycles. The number of thioether (sulfide) groups is 1. The second-order valence-corrected chi connectivity index (χ2v) is 8.76. The Morgan fingerprint density at radius 2 is 1.88 bits per heavy atom. The number of hydrogen-bond acceptors (Lipinski definition) is 6. The predicted molar refractivity (Wildman–Crippen MR) is 129 cm³/mol. The van der Waals surface area contributed by atoms with Crippen molar-refractivity contribution in [2.45, 2.75) is 32.4 Å². The van der Waals surface area contributed by atoms with Gasteiger partial charge in [-0.3, -0.25) is 14.4 Å². The van der Waals surface area contributed by atoms with Gasteiger partial charge in [-0.1, -0.05) is 41.6 Å². The summed E-state index contributed by atoms with van der Waals surface area (Å²) in [6.45, 7) is 5.08. The van der Waals surface area contributed by atoms with E-state index in [9.17, 15) is 14.4 Å². The largest absolute Gasteiger partial charge is 0.326 e. The maximum absolute atomic E-state index is 12.3. The minimum Gasteiger partial charge on any atom is -0.326 e. The van der Waals surface area contributed by atoms with E-state index in [0.717, 1.165) is 22.9 Å². The molecule has 0 aromatic heterocycles. The number of nitrogens with zero attached hydrogens (tertiary/aromatic N) is 2. The van der Waals surface area contributed by atoms with Crippen LogP contribution in [0.3, 0.4) is 0 Å². The maximum atomic E-state index is 12.3. The van der Waals surface area contributed by atoms with Gasteiger partial charge in [0.05, 0.1) is 5.71 Å². The summed E-state index contributed by atoms with van der Waals surface area (Å²) in [5.41, 5.74) is 3.53. The molecule has 3 N–H and O–H groups in total. The van der Waals surface area contributed by atoms with E-state index in [1.54, 1.807) is 37.3 Å². The Morgan fingerprint density at radius 3 is 2.59 bits per heavy atom. The molecule has 3 rings (SSSR count). The van der Waals surface area contributed by atoms with Gasteiger partial charge in [0, 0.05) is 29.7 Å². The van der Waals surface area contributed by atoms with E-state index < -0.39 is 5.25 Å². The number of carbonyl (C=O) groups excluding carboxylic acids is 3. The van der Waals surface area contributed by atoms with Crippen LogP contribution in [-0.4, -0.2) is 33.9 Å². The van der Waals surface area contributed by atoms with E-state index in [-0.39, 0.29) is 24.1 Å². The molecule has 3 amide bonds. The molecule has 0 saturated carbocycles. The van der Waals surface area contributed by atoms with Gasteiger partial charge in [-0.05, 0) is 49.2 Å². The standard InChI is InChI=1S/C22H22ClN5O3S/c1-12-7-8-17(10-18(12)23)25-20(30)11-19-21(31)26-22(32-19)28-27-13(2)15-5-4-6-16(9-15)24-14(3)29/h4-10,19H,11H2,1-3H3,(H,24,29)(H,25,30)(H,26,28,31)/b27-13+. The Labute approximate surface area is 194 Å². The number of hydrogen-bond donors (Lipinski definition) is 3. The number of carbonyl (C=O) groups is 3. The third kappa shape index (κ3) is 6.41. The van der Waals surface area contributed by atoms with Crippen molar-refractivity contribution in [3.05, 3.63) is 58.6 Å². The molecule has 1 atom stereocenters. The first-order valence-electron chi connectivity index (χ1n) is 9.75. The van der Waals surface area contributed by atoms with E-state index in [4.69, 9.17) is 11.6 Å². The molecule has 1 aliphatic heterocycles. The highest BCUT2D eigenvalue weighted by atomic mass is 35.5. The quantitative estimate of drug-likeness (QED) is 0.437. The van der Waals surface area contributed by atoms with Crippen LogP contribution < -0.4 is 16.0 Å². The van der Waals surface area contributed by atoms with Crippen LogP contribution in [0.5, 0.6) is 0 Å². The average molecular weight is 472 g/mol. The number of nitrogens with one attached hydrogen (secondary N) is 3. The first-order valence-corrected chi connectivity index (χ1v) is 11.0. The van der Waals surface area contributed by atoms with E-state index in [0.29, 0.717) is 27.3 Å². The SMILES string of the molecule is CC(=O)Nc1cccc(/C(C)=N/N=C2/NC(=O)C(CC(=O)Nc3ccc(C)c(Cl)c3)S2)c1. The number of halogens is 1. The van der Waals surface area contributed by atoms with E-state index >= 15 is 0 Å². The molecule has 1 fully saturated rings. The average Bonchev–Trinajstić information content (AvgIpc) is 3.07. The number of aryl methyl sites for hydroxylation is 1. The van der Waals surface area contributed by atoms with Crippen LogP contribution in [0.1, 0.15) is 31.4 Å². The van der Waals surface area contributed by atoms with Crippen LogP contribution in [0, 0.1) is 6.92 Å². The lowest BCUT2D eigenvalue weighted by Gasteiger charge is -2.08. The van der Waals surface area contributed by atoms with Gasteiger partial charge in [0.2, 0.25) is 17.7 Å². The number of amidine groups is 1. The smallest absolute Gasteiger partial charge is 0.240 e. The van der Waals surface area contributed by atoms with E-state index in [2.05, 4.69) is 26.2 Å². The Bertz CT molecular complexity index is 1130. The third-order valence-electron chi connectivity index (χ3n) is 4.49. The van der Waals surface area contributed by atoms with E-state index in [1.807, 2.05) is 19.1 Å². The van der Waals surface area contributed by atoms with Crippen LogP contribution in [0.4, 0.5) is 11.4 Å². The first kappa shape index (κ1) is 23.5. The number of anilines is 2. The fourth-order valence-electron chi connectivity index (χ4n) is 2.84. The van der Waals surface area contributed by atoms with Crippen molar-refractivity contribution < 1.29 is 14.4 Å². The van der Waals surface area contributed by atoms with Gasteiger partial charge < -0.3 is 16.0 Å². The van der Waals surface area contributed by atoms with Crippen LogP contribution in [0.2, 0.25) is 5.02 Å². The summed E-state index contributed by atoms with van der Waals surface area (Å²) in [6, 6.07) is 12.4. The van der Waals surface area contributed by atoms with Crippen molar-refractivity contribution in [2.24, 2.45) is 10.2 Å². The van der Waals surface area contributed by atoms with Crippen molar-refractivity contribution >= 4 is 63.3 Å². The molecule has 10 heteroatoms. The zero-order valence-electron chi connectivity index (χ0n) is 17.7. The lowest BCUT2D eigenvalue weighted by molar-refractivity contribution is -0.122. The summed E-state index contributed by atoms with van der Waals surface area (Å²) >= 11 is 7.23. The second kappa shape index (κ2) is 10.4. The normalized spacial score (nSPS) is 17.2. The lowest BCUT2D eigenvalue weighted by atomic mass is 10.1. The van der Waals surface area contributed by atoms with Gasteiger partial charge >= 0.3 is 0 Å². The molecule has 1 unspecified atom stereocenters. The minimum absolute atomic E-state index is 0.0114. The molecule has 8 nitrogen and oxygen atoms in total. The Hall–Kier alpha value is -3.17. The van der Waals surface area contributed by atoms with Crippen molar-refractivity contribution in [3.8, 4) is 0 Å². The molecule has 0 spiro atoms. The van der Waals surface area contributed by atoms with Crippen LogP contribution >= 0.6 is 23.4 Å². The molecular formula is C22H22ClN5O3S. The number of benzene rings is 2. The van der Waals surface area contributed by atoms with Gasteiger partial charge in [-0.25, -0.2) is 0 Å². The maximum Gasteiger partial charge on any atom is 0.240 e. The number of rotatable bonds is 6. The minimum atomic E-state index is -0.603. The zero-order valence-corrected chi connectivity index (χ0v) is 19.3. The van der Waals surface area contributed by atoms with Crippen LogP contribution in [-0.2, 0) is 14.4 Å². The molecular weight excluding hydrogens is 450 g/mol. The molecule has 0 radical (unpaired) electrons. The Balaban J connectivity index is 1.61. The van der Waals surface area contributed by atoms with E-state index in [1.165, 1.54) is 6.92 Å². The summed E-state index contributed by atoms with van der Waals surface area (Å²) < 4.78 is 0. The monoisotopic (exact) mass is 471 g/mol. The highest BCUT2D eigenvalue weighted by Crippen LogP contribution is 2.24. The topological polar surface area (TPSA) is 112 Å². The summed E-state index contributed by atoms with van der Waals surface area (Å²) in [5.74, 6) is -0.762. The molecule has 1 saturated heterocycles. The lowest BCUT2D eigenvalue weighted by Crippen LogP contribution is -2.28. The molecule has 166 valence electrons. The van der Waals surface area contributed by atoms with Gasteiger partial charge in [0.15, 0.2) is 5.17 Å². The van der Waals surface area contributed by atoms with Gasteiger partial charge in [0.25, 0.3) is 0 Å². The highest BCUT2D eigenvalue weighted by molar-refractivity contribution is 8.15. The first-order chi connectivity index (χ1) is 15.2. The van der Waals surface area contributed by atoms with Crippen molar-refractivity contribution in [2.75, 3.05) is 10.6 Å². The van der Waals surface area contributed by atoms with Crippen molar-refractivity contribution in [1.82, 2.24) is 5.32 Å². The summed E-state index contributed by atoms with van der Waals surface area (Å²) in [6.07, 6.45) is -0.0114. The number of amides is 3. The summed E-state index contributed by atoms with van der Waals surface area (Å²) in [7, 11) is 0. The summed E-state index contributed by atoms with van der Waals surface area (Å²) in [5, 5.41) is 16.7. The fourth-order valence-corrected chi connectivity index (χ4v) is 3.94. The van der Waals surface area contributed by atoms with Crippen LogP contribution in [0.25, 0.3) is 0 Å². The van der Waals surface area contributed by atoms with Gasteiger partial charge in [-0.15, -0.1) is 5.10 Å². The Morgan fingerprint density at radius 1 is 1.12 bits per heavy atom. The summed E-state index contributed by atoms with van der Waals surface area (Å²) in [4.78, 5) is 35.8.